The molecule has 1 saturated carbocycles. The van der Waals surface area contributed by atoms with Gasteiger partial charge in [0.2, 0.25) is 0 Å². The van der Waals surface area contributed by atoms with Gasteiger partial charge in [-0.15, -0.1) is 0 Å². The molecule has 2 aromatic heterocycles. The number of methoxy groups -OCH3 is 1. The van der Waals surface area contributed by atoms with Gasteiger partial charge in [0.25, 0.3) is 5.56 Å². The number of fused-ring (bicyclic) bond motifs is 1. The fourth-order valence-corrected chi connectivity index (χ4v) is 4.88. The average molecular weight is 504 g/mol. The molecule has 2 aromatic rings. The molecule has 1 aliphatic carbocycles. The number of nitrogens with one attached hydrogen (secondary N) is 1. The van der Waals surface area contributed by atoms with Gasteiger partial charge in [-0.3, -0.25) is 9.20 Å². The number of alkyl carbamates (subject to hydrolysis) is 1. The smallest absolute Gasteiger partial charge is 0.408 e. The van der Waals surface area contributed by atoms with Crippen LogP contribution in [-0.4, -0.2) is 61.0 Å². The van der Waals surface area contributed by atoms with Crippen LogP contribution in [0.1, 0.15) is 67.9 Å². The Hall–Kier alpha value is -3.14. The van der Waals surface area contributed by atoms with Crippen molar-refractivity contribution in [1.82, 2.24) is 9.72 Å². The minimum Gasteiger partial charge on any atom is -0.462 e. The molecule has 0 spiro atoms. The van der Waals surface area contributed by atoms with Gasteiger partial charge in [0.1, 0.15) is 11.2 Å². The van der Waals surface area contributed by atoms with Crippen molar-refractivity contribution < 1.29 is 28.2 Å². The summed E-state index contributed by atoms with van der Waals surface area (Å²) in [5.41, 5.74) is 1.02. The second-order valence-electron chi connectivity index (χ2n) is 10.4. The fraction of sp³-hybridized carbons (Fsp3) is 0.577. The third-order valence-electron chi connectivity index (χ3n) is 6.54. The van der Waals surface area contributed by atoms with E-state index in [-0.39, 0.29) is 24.2 Å². The molecule has 0 bridgehead atoms. The second kappa shape index (κ2) is 9.72. The van der Waals surface area contributed by atoms with E-state index in [4.69, 9.17) is 14.2 Å². The van der Waals surface area contributed by atoms with E-state index in [1.54, 1.807) is 47.8 Å². The van der Waals surface area contributed by atoms with Gasteiger partial charge < -0.3 is 24.4 Å². The SMILES string of the molecule is CCOC(=O)c1cc(C2CC2)c2c(C)c(N3C[C@@H](NC(=O)OC(C)(C)C)[C@H](OC)C3)c(F)cn2c1=O. The fourth-order valence-electron chi connectivity index (χ4n) is 4.88. The van der Waals surface area contributed by atoms with E-state index in [1.165, 1.54) is 4.40 Å². The molecule has 2 aliphatic rings. The summed E-state index contributed by atoms with van der Waals surface area (Å²) in [6.45, 7) is 9.57. The van der Waals surface area contributed by atoms with E-state index in [9.17, 15) is 14.4 Å². The minimum absolute atomic E-state index is 0.0926. The number of halogens is 1. The molecule has 1 N–H and O–H groups in total. The molecule has 196 valence electrons. The van der Waals surface area contributed by atoms with Gasteiger partial charge in [0.15, 0.2) is 5.82 Å². The maximum absolute atomic E-state index is 15.6. The van der Waals surface area contributed by atoms with Gasteiger partial charge in [0, 0.05) is 20.2 Å². The topological polar surface area (TPSA) is 98.6 Å². The van der Waals surface area contributed by atoms with E-state index < -0.39 is 35.1 Å². The first-order valence-corrected chi connectivity index (χ1v) is 12.3. The quantitative estimate of drug-likeness (QED) is 0.602. The second-order valence-corrected chi connectivity index (χ2v) is 10.4. The van der Waals surface area contributed by atoms with Gasteiger partial charge in [-0.2, -0.15) is 0 Å². The van der Waals surface area contributed by atoms with Gasteiger partial charge in [0.05, 0.1) is 36.2 Å². The molecule has 0 aromatic carbocycles. The van der Waals surface area contributed by atoms with Crippen LogP contribution in [-0.2, 0) is 14.2 Å². The van der Waals surface area contributed by atoms with Crippen molar-refractivity contribution in [3.05, 3.63) is 45.1 Å². The summed E-state index contributed by atoms with van der Waals surface area (Å²) < 4.78 is 32.9. The monoisotopic (exact) mass is 503 g/mol. The van der Waals surface area contributed by atoms with E-state index in [2.05, 4.69) is 5.32 Å². The number of pyridine rings is 2. The molecule has 36 heavy (non-hydrogen) atoms. The Morgan fingerprint density at radius 1 is 1.22 bits per heavy atom. The summed E-state index contributed by atoms with van der Waals surface area (Å²) in [5, 5.41) is 2.84. The summed E-state index contributed by atoms with van der Waals surface area (Å²) in [5.74, 6) is -1.12. The Bertz CT molecular complexity index is 1250. The van der Waals surface area contributed by atoms with Crippen molar-refractivity contribution in [2.75, 3.05) is 31.7 Å². The molecular weight excluding hydrogens is 469 g/mol. The highest BCUT2D eigenvalue weighted by atomic mass is 19.1. The normalized spacial score (nSPS) is 20.0. The lowest BCUT2D eigenvalue weighted by Gasteiger charge is -2.24. The molecular formula is C26H34FN3O6. The Kier molecular flexibility index (Phi) is 7.01. The van der Waals surface area contributed by atoms with Gasteiger partial charge in [-0.1, -0.05) is 0 Å². The first-order chi connectivity index (χ1) is 16.9. The number of carbonyl (C=O) groups is 2. The number of amides is 1. The number of hydrogen-bond acceptors (Lipinski definition) is 7. The number of aryl methyl sites for hydroxylation is 1. The van der Waals surface area contributed by atoms with Crippen LogP contribution in [0.25, 0.3) is 5.52 Å². The number of aromatic nitrogens is 1. The van der Waals surface area contributed by atoms with Crippen molar-refractivity contribution in [3.63, 3.8) is 0 Å². The van der Waals surface area contributed by atoms with Gasteiger partial charge >= 0.3 is 12.1 Å². The molecule has 2 atom stereocenters. The predicted molar refractivity (Wildman–Crippen MR) is 132 cm³/mol. The number of anilines is 1. The number of nitrogens with zero attached hydrogens (tertiary/aromatic N) is 2. The number of esters is 1. The zero-order valence-electron chi connectivity index (χ0n) is 21.6. The molecule has 10 heteroatoms. The van der Waals surface area contributed by atoms with Gasteiger partial charge in [-0.05, 0) is 70.6 Å². The zero-order valence-corrected chi connectivity index (χ0v) is 21.6. The van der Waals surface area contributed by atoms with Crippen LogP contribution in [0.5, 0.6) is 0 Å². The highest BCUT2D eigenvalue weighted by molar-refractivity contribution is 5.90. The lowest BCUT2D eigenvalue weighted by molar-refractivity contribution is 0.0416. The molecule has 3 heterocycles. The van der Waals surface area contributed by atoms with Crippen molar-refractivity contribution in [2.24, 2.45) is 0 Å². The van der Waals surface area contributed by atoms with Crippen LogP contribution in [0.4, 0.5) is 14.9 Å². The summed E-state index contributed by atoms with van der Waals surface area (Å²) in [4.78, 5) is 39.8. The van der Waals surface area contributed by atoms with E-state index in [0.717, 1.165) is 24.6 Å². The van der Waals surface area contributed by atoms with E-state index in [0.29, 0.717) is 29.9 Å². The first kappa shape index (κ1) is 25.9. The largest absolute Gasteiger partial charge is 0.462 e. The summed E-state index contributed by atoms with van der Waals surface area (Å²) >= 11 is 0. The maximum Gasteiger partial charge on any atom is 0.408 e. The Balaban J connectivity index is 1.74. The molecule has 0 unspecified atom stereocenters. The summed E-state index contributed by atoms with van der Waals surface area (Å²) in [6, 6.07) is 1.19. The van der Waals surface area contributed by atoms with Crippen LogP contribution < -0.4 is 15.8 Å². The highest BCUT2D eigenvalue weighted by Crippen LogP contribution is 2.44. The van der Waals surface area contributed by atoms with Gasteiger partial charge in [-0.25, -0.2) is 14.0 Å². The maximum atomic E-state index is 15.6. The van der Waals surface area contributed by atoms with Crippen molar-refractivity contribution in [2.45, 2.75) is 71.1 Å². The van der Waals surface area contributed by atoms with Crippen LogP contribution in [0.15, 0.2) is 17.1 Å². The van der Waals surface area contributed by atoms with Crippen LogP contribution in [0.3, 0.4) is 0 Å². The van der Waals surface area contributed by atoms with Crippen molar-refractivity contribution >= 4 is 23.3 Å². The Labute approximate surface area is 209 Å². The Morgan fingerprint density at radius 3 is 2.50 bits per heavy atom. The van der Waals surface area contributed by atoms with E-state index in [1.807, 2.05) is 4.90 Å². The van der Waals surface area contributed by atoms with Crippen LogP contribution in [0, 0.1) is 12.7 Å². The number of carbonyl (C=O) groups excluding carboxylic acids is 2. The molecule has 2 fully saturated rings. The first-order valence-electron chi connectivity index (χ1n) is 12.3. The molecule has 0 radical (unpaired) electrons. The molecule has 1 aliphatic heterocycles. The predicted octanol–water partition coefficient (Wildman–Crippen LogP) is 3.53. The highest BCUT2D eigenvalue weighted by Gasteiger charge is 2.38. The molecule has 4 rings (SSSR count). The van der Waals surface area contributed by atoms with E-state index >= 15 is 4.39 Å². The summed E-state index contributed by atoms with van der Waals surface area (Å²) in [6.07, 6.45) is 2.05. The standard InChI is InChI=1S/C26H34FN3O6/c1-7-35-24(32)17-10-16(15-8-9-15)21-14(2)22(18(27)11-30(21)23(17)31)29-12-19(20(13-29)34-6)28-25(33)36-26(3,4)5/h10-11,15,19-20H,7-9,12-13H2,1-6H3,(H,28,33)/t19-,20-/m1/s1. The average Bonchev–Trinajstić information content (AvgIpc) is 3.54. The third kappa shape index (κ3) is 5.04. The number of hydrogen-bond donors (Lipinski definition) is 1. The third-order valence-corrected chi connectivity index (χ3v) is 6.54. The minimum atomic E-state index is -0.709. The summed E-state index contributed by atoms with van der Waals surface area (Å²) in [7, 11) is 1.54. The Morgan fingerprint density at radius 2 is 1.92 bits per heavy atom. The van der Waals surface area contributed by atoms with Crippen molar-refractivity contribution in [1.29, 1.82) is 0 Å². The van der Waals surface area contributed by atoms with Crippen molar-refractivity contribution in [3.8, 4) is 0 Å². The molecule has 1 amide bonds. The lowest BCUT2D eigenvalue weighted by Crippen LogP contribution is -2.45. The molecule has 9 nitrogen and oxygen atoms in total. The van der Waals surface area contributed by atoms with Crippen LogP contribution >= 0.6 is 0 Å². The lowest BCUT2D eigenvalue weighted by atomic mass is 10.0. The van der Waals surface area contributed by atoms with Crippen LogP contribution in [0.2, 0.25) is 0 Å². The zero-order chi connectivity index (χ0) is 26.4. The number of ether oxygens (including phenoxy) is 3. The number of rotatable bonds is 6. The molecule has 1 saturated heterocycles.